The maximum atomic E-state index is 12.4. The first-order valence-corrected chi connectivity index (χ1v) is 11.6. The number of carbonyl (C=O) groups is 1. The van der Waals surface area contributed by atoms with Crippen LogP contribution in [-0.4, -0.2) is 46.8 Å². The first-order valence-electron chi connectivity index (χ1n) is 10.7. The Balaban J connectivity index is 1.31. The van der Waals surface area contributed by atoms with Gasteiger partial charge in [-0.25, -0.2) is 0 Å². The maximum Gasteiger partial charge on any atom is 0.251 e. The number of carbonyl (C=O) groups excluding carboxylic acids is 1. The Morgan fingerprint density at radius 1 is 1.17 bits per heavy atom. The highest BCUT2D eigenvalue weighted by molar-refractivity contribution is 7.99. The van der Waals surface area contributed by atoms with Crippen LogP contribution in [0.2, 0.25) is 0 Å². The van der Waals surface area contributed by atoms with E-state index in [9.17, 15) is 9.90 Å². The molecule has 1 fully saturated rings. The summed E-state index contributed by atoms with van der Waals surface area (Å²) in [6, 6.07) is 16.1. The van der Waals surface area contributed by atoms with Gasteiger partial charge in [-0.1, -0.05) is 30.3 Å². The molecule has 2 atom stereocenters. The van der Waals surface area contributed by atoms with Gasteiger partial charge in [0, 0.05) is 35.6 Å². The topological polar surface area (TPSA) is 52.6 Å². The molecule has 5 heteroatoms. The van der Waals surface area contributed by atoms with Crippen molar-refractivity contribution in [3.05, 3.63) is 65.2 Å². The second-order valence-electron chi connectivity index (χ2n) is 8.15. The molecule has 0 spiro atoms. The van der Waals surface area contributed by atoms with E-state index in [1.807, 2.05) is 42.1 Å². The standard InChI is InChI=1S/C24H30N2O2S/c1-17(23(27)20-9-10-22-19(16-20)8-5-15-29-22)26-13-11-21(12-14-26)25-24(28)18-6-3-2-4-7-18/h2-4,6-7,9-10,16-17,21,23,27H,5,8,11-15H2,1H3,(H,25,28). The summed E-state index contributed by atoms with van der Waals surface area (Å²) in [5.41, 5.74) is 3.12. The summed E-state index contributed by atoms with van der Waals surface area (Å²) in [5.74, 6) is 1.20. The number of hydrogen-bond donors (Lipinski definition) is 2. The number of thioether (sulfide) groups is 1. The lowest BCUT2D eigenvalue weighted by Crippen LogP contribution is -2.48. The van der Waals surface area contributed by atoms with E-state index >= 15 is 0 Å². The van der Waals surface area contributed by atoms with E-state index in [1.165, 1.54) is 22.6 Å². The van der Waals surface area contributed by atoms with Crippen molar-refractivity contribution < 1.29 is 9.90 Å². The Kier molecular flexibility index (Phi) is 6.58. The number of likely N-dealkylation sites (tertiary alicyclic amines) is 1. The SMILES string of the molecule is CC(C(O)c1ccc2c(c1)CCCS2)N1CCC(NC(=O)c2ccccc2)CC1. The van der Waals surface area contributed by atoms with E-state index in [4.69, 9.17) is 0 Å². The molecule has 1 saturated heterocycles. The summed E-state index contributed by atoms with van der Waals surface area (Å²) in [6.07, 6.45) is 3.67. The summed E-state index contributed by atoms with van der Waals surface area (Å²) in [5, 5.41) is 14.1. The number of fused-ring (bicyclic) bond motifs is 1. The lowest BCUT2D eigenvalue weighted by Gasteiger charge is -2.38. The maximum absolute atomic E-state index is 12.4. The number of piperidine rings is 1. The number of rotatable bonds is 5. The fraction of sp³-hybridized carbons (Fsp3) is 0.458. The summed E-state index contributed by atoms with van der Waals surface area (Å²) < 4.78 is 0. The molecular weight excluding hydrogens is 380 g/mol. The number of aliphatic hydroxyl groups excluding tert-OH is 1. The van der Waals surface area contributed by atoms with Gasteiger partial charge in [-0.15, -0.1) is 11.8 Å². The zero-order valence-electron chi connectivity index (χ0n) is 17.0. The molecule has 2 aromatic carbocycles. The van der Waals surface area contributed by atoms with Crippen LogP contribution in [-0.2, 0) is 6.42 Å². The van der Waals surface area contributed by atoms with Crippen LogP contribution in [0.4, 0.5) is 0 Å². The number of nitrogens with one attached hydrogen (secondary N) is 1. The van der Waals surface area contributed by atoms with Crippen molar-refractivity contribution >= 4 is 17.7 Å². The molecule has 0 aromatic heterocycles. The summed E-state index contributed by atoms with van der Waals surface area (Å²) in [7, 11) is 0. The van der Waals surface area contributed by atoms with Crippen molar-refractivity contribution in [3.8, 4) is 0 Å². The normalized spacial score (nSPS) is 19.9. The third-order valence-corrected chi connectivity index (χ3v) is 7.41. The highest BCUT2D eigenvalue weighted by Crippen LogP contribution is 2.33. The van der Waals surface area contributed by atoms with Crippen molar-refractivity contribution in [2.45, 2.75) is 55.7 Å². The molecule has 4 rings (SSSR count). The lowest BCUT2D eigenvalue weighted by atomic mass is 9.96. The summed E-state index contributed by atoms with van der Waals surface area (Å²) >= 11 is 1.92. The van der Waals surface area contributed by atoms with Gasteiger partial charge in [-0.05, 0) is 67.7 Å². The second kappa shape index (κ2) is 9.33. The second-order valence-corrected chi connectivity index (χ2v) is 9.29. The molecule has 4 nitrogen and oxygen atoms in total. The number of nitrogens with zero attached hydrogens (tertiary/aromatic N) is 1. The Bertz CT molecular complexity index is 834. The summed E-state index contributed by atoms with van der Waals surface area (Å²) in [6.45, 7) is 3.89. The van der Waals surface area contributed by atoms with Crippen LogP contribution < -0.4 is 5.32 Å². The van der Waals surface area contributed by atoms with Crippen molar-refractivity contribution in [3.63, 3.8) is 0 Å². The van der Waals surface area contributed by atoms with Gasteiger partial charge in [0.2, 0.25) is 0 Å². The fourth-order valence-electron chi connectivity index (χ4n) is 4.35. The van der Waals surface area contributed by atoms with Gasteiger partial charge < -0.3 is 10.4 Å². The number of benzene rings is 2. The number of amides is 1. The minimum atomic E-state index is -0.484. The first kappa shape index (κ1) is 20.5. The van der Waals surface area contributed by atoms with Gasteiger partial charge in [0.25, 0.3) is 5.91 Å². The fourth-order valence-corrected chi connectivity index (χ4v) is 5.37. The van der Waals surface area contributed by atoms with E-state index < -0.39 is 6.10 Å². The van der Waals surface area contributed by atoms with Crippen LogP contribution >= 0.6 is 11.8 Å². The Labute approximate surface area is 177 Å². The van der Waals surface area contributed by atoms with Gasteiger partial charge in [-0.2, -0.15) is 0 Å². The largest absolute Gasteiger partial charge is 0.387 e. The Hall–Kier alpha value is -1.82. The zero-order chi connectivity index (χ0) is 20.2. The quantitative estimate of drug-likeness (QED) is 0.781. The van der Waals surface area contributed by atoms with Crippen LogP contribution in [0.15, 0.2) is 53.4 Å². The number of hydrogen-bond acceptors (Lipinski definition) is 4. The number of aryl methyl sites for hydroxylation is 1. The summed E-state index contributed by atoms with van der Waals surface area (Å²) in [4.78, 5) is 16.1. The zero-order valence-corrected chi connectivity index (χ0v) is 17.8. The molecule has 29 heavy (non-hydrogen) atoms. The molecule has 0 bridgehead atoms. The predicted octanol–water partition coefficient (Wildman–Crippen LogP) is 4.04. The van der Waals surface area contributed by atoms with Crippen molar-refractivity contribution in [1.82, 2.24) is 10.2 Å². The Morgan fingerprint density at radius 3 is 2.69 bits per heavy atom. The van der Waals surface area contributed by atoms with Crippen LogP contribution in [0.25, 0.3) is 0 Å². The van der Waals surface area contributed by atoms with E-state index in [2.05, 4.69) is 35.3 Å². The van der Waals surface area contributed by atoms with E-state index in [0.717, 1.165) is 37.9 Å². The minimum absolute atomic E-state index is 0.00376. The molecule has 2 heterocycles. The van der Waals surface area contributed by atoms with Gasteiger partial charge in [0.15, 0.2) is 0 Å². The van der Waals surface area contributed by atoms with E-state index in [-0.39, 0.29) is 18.0 Å². The molecule has 2 aromatic rings. The molecular formula is C24H30N2O2S. The van der Waals surface area contributed by atoms with Crippen LogP contribution in [0, 0.1) is 0 Å². The molecule has 0 aliphatic carbocycles. The molecule has 2 N–H and O–H groups in total. The number of aliphatic hydroxyl groups is 1. The van der Waals surface area contributed by atoms with Crippen molar-refractivity contribution in [1.29, 1.82) is 0 Å². The lowest BCUT2D eigenvalue weighted by molar-refractivity contribution is 0.0407. The average molecular weight is 411 g/mol. The van der Waals surface area contributed by atoms with E-state index in [0.29, 0.717) is 5.56 Å². The third kappa shape index (κ3) is 4.85. The highest BCUT2D eigenvalue weighted by atomic mass is 32.2. The minimum Gasteiger partial charge on any atom is -0.387 e. The molecule has 2 aliphatic rings. The van der Waals surface area contributed by atoms with Gasteiger partial charge in [0.1, 0.15) is 0 Å². The molecule has 2 aliphatic heterocycles. The van der Waals surface area contributed by atoms with Crippen LogP contribution in [0.5, 0.6) is 0 Å². The van der Waals surface area contributed by atoms with Crippen LogP contribution in [0.3, 0.4) is 0 Å². The van der Waals surface area contributed by atoms with Gasteiger partial charge >= 0.3 is 0 Å². The van der Waals surface area contributed by atoms with E-state index in [1.54, 1.807) is 0 Å². The molecule has 1 amide bonds. The predicted molar refractivity (Wildman–Crippen MR) is 118 cm³/mol. The van der Waals surface area contributed by atoms with Crippen molar-refractivity contribution in [2.24, 2.45) is 0 Å². The monoisotopic (exact) mass is 410 g/mol. The third-order valence-electron chi connectivity index (χ3n) is 6.21. The smallest absolute Gasteiger partial charge is 0.251 e. The molecule has 0 saturated carbocycles. The van der Waals surface area contributed by atoms with Gasteiger partial charge in [-0.3, -0.25) is 9.69 Å². The van der Waals surface area contributed by atoms with Crippen LogP contribution in [0.1, 0.15) is 53.8 Å². The average Bonchev–Trinajstić information content (AvgIpc) is 2.79. The van der Waals surface area contributed by atoms with Gasteiger partial charge in [0.05, 0.1) is 6.10 Å². The highest BCUT2D eigenvalue weighted by Gasteiger charge is 2.28. The van der Waals surface area contributed by atoms with Crippen molar-refractivity contribution in [2.75, 3.05) is 18.8 Å². The Morgan fingerprint density at radius 2 is 1.93 bits per heavy atom. The first-order chi connectivity index (χ1) is 14.1. The molecule has 2 unspecified atom stereocenters. The molecule has 0 radical (unpaired) electrons. The molecule has 154 valence electrons.